The molecule has 1 saturated heterocycles. The first-order chi connectivity index (χ1) is 9.19. The fourth-order valence-electron chi connectivity index (χ4n) is 1.90. The van der Waals surface area contributed by atoms with Gasteiger partial charge >= 0.3 is 0 Å². The maximum atomic E-state index is 12.0. The second kappa shape index (κ2) is 8.46. The number of hydrogen-bond acceptors (Lipinski definition) is 4. The number of amides is 1. The minimum atomic E-state index is -0.0445. The van der Waals surface area contributed by atoms with E-state index in [0.717, 1.165) is 11.0 Å². The van der Waals surface area contributed by atoms with Crippen LogP contribution in [0.3, 0.4) is 0 Å². The topological polar surface area (TPSA) is 59.6 Å². The summed E-state index contributed by atoms with van der Waals surface area (Å²) in [6.45, 7) is 2.08. The zero-order valence-corrected chi connectivity index (χ0v) is 13.6. The van der Waals surface area contributed by atoms with Crippen LogP contribution in [0.2, 0.25) is 0 Å². The van der Waals surface area contributed by atoms with E-state index in [-0.39, 0.29) is 24.4 Å². The number of benzene rings is 1. The third-order valence-electron chi connectivity index (χ3n) is 2.88. The van der Waals surface area contributed by atoms with Crippen LogP contribution in [0.5, 0.6) is 5.75 Å². The van der Waals surface area contributed by atoms with Crippen molar-refractivity contribution in [2.45, 2.75) is 12.5 Å². The lowest BCUT2D eigenvalue weighted by Gasteiger charge is -2.23. The smallest absolute Gasteiger partial charge is 0.226 e. The number of carbonyl (C=O) groups excluding carboxylic acids is 1. The Hall–Kier alpha value is -0.820. The molecule has 5 nitrogen and oxygen atoms in total. The summed E-state index contributed by atoms with van der Waals surface area (Å²) in [4.78, 5) is 12.0. The lowest BCUT2D eigenvalue weighted by molar-refractivity contribution is -0.117. The molecule has 112 valence electrons. The molecule has 0 aliphatic carbocycles. The van der Waals surface area contributed by atoms with Crippen LogP contribution in [0.25, 0.3) is 0 Å². The van der Waals surface area contributed by atoms with E-state index < -0.39 is 0 Å². The maximum Gasteiger partial charge on any atom is 0.226 e. The summed E-state index contributed by atoms with van der Waals surface area (Å²) in [5.41, 5.74) is 0.709. The molecule has 20 heavy (non-hydrogen) atoms. The third kappa shape index (κ3) is 4.94. The minimum Gasteiger partial charge on any atom is -0.497 e. The summed E-state index contributed by atoms with van der Waals surface area (Å²) in [6.07, 6.45) is 0.393. The number of carbonyl (C=O) groups is 1. The van der Waals surface area contributed by atoms with Gasteiger partial charge in [-0.2, -0.15) is 0 Å². The van der Waals surface area contributed by atoms with Gasteiger partial charge in [-0.25, -0.2) is 0 Å². The number of nitrogens with one attached hydrogen (secondary N) is 2. The Morgan fingerprint density at radius 1 is 1.60 bits per heavy atom. The first-order valence-electron chi connectivity index (χ1n) is 6.13. The van der Waals surface area contributed by atoms with E-state index in [9.17, 15) is 4.79 Å². The molecule has 7 heteroatoms. The van der Waals surface area contributed by atoms with Gasteiger partial charge in [-0.15, -0.1) is 12.4 Å². The van der Waals surface area contributed by atoms with Gasteiger partial charge in [0.1, 0.15) is 5.75 Å². The highest BCUT2D eigenvalue weighted by Crippen LogP contribution is 2.27. The number of anilines is 1. The predicted octanol–water partition coefficient (Wildman–Crippen LogP) is 2.20. The van der Waals surface area contributed by atoms with E-state index in [2.05, 4.69) is 26.6 Å². The Bertz CT molecular complexity index is 453. The van der Waals surface area contributed by atoms with Gasteiger partial charge in [-0.05, 0) is 28.1 Å². The third-order valence-corrected chi connectivity index (χ3v) is 3.57. The van der Waals surface area contributed by atoms with Crippen LogP contribution in [0.15, 0.2) is 22.7 Å². The number of hydrogen-bond donors (Lipinski definition) is 2. The predicted molar refractivity (Wildman–Crippen MR) is 83.8 cm³/mol. The highest BCUT2D eigenvalue weighted by Gasteiger charge is 2.17. The molecule has 1 aliphatic heterocycles. The Labute approximate surface area is 132 Å². The van der Waals surface area contributed by atoms with Crippen molar-refractivity contribution in [3.63, 3.8) is 0 Å². The highest BCUT2D eigenvalue weighted by atomic mass is 79.9. The van der Waals surface area contributed by atoms with E-state index >= 15 is 0 Å². The fourth-order valence-corrected chi connectivity index (χ4v) is 2.25. The van der Waals surface area contributed by atoms with E-state index in [1.807, 2.05) is 12.1 Å². The van der Waals surface area contributed by atoms with Crippen LogP contribution in [-0.2, 0) is 9.53 Å². The summed E-state index contributed by atoms with van der Waals surface area (Å²) in [6, 6.07) is 5.54. The lowest BCUT2D eigenvalue weighted by atomic mass is 10.2. The zero-order valence-electron chi connectivity index (χ0n) is 11.1. The van der Waals surface area contributed by atoms with Crippen LogP contribution in [0.4, 0.5) is 5.69 Å². The van der Waals surface area contributed by atoms with Gasteiger partial charge in [-0.3, -0.25) is 4.79 Å². The Morgan fingerprint density at radius 3 is 3.05 bits per heavy atom. The fraction of sp³-hybridized carbons (Fsp3) is 0.462. The minimum absolute atomic E-state index is 0. The average molecular weight is 366 g/mol. The van der Waals surface area contributed by atoms with Gasteiger partial charge in [0.05, 0.1) is 26.0 Å². The number of morpholine rings is 1. The molecule has 1 fully saturated rings. The van der Waals surface area contributed by atoms with Gasteiger partial charge in [0, 0.05) is 29.5 Å². The van der Waals surface area contributed by atoms with E-state index in [4.69, 9.17) is 9.47 Å². The largest absolute Gasteiger partial charge is 0.497 e. The van der Waals surface area contributed by atoms with Crippen LogP contribution < -0.4 is 15.4 Å². The molecule has 0 radical (unpaired) electrons. The second-order valence-corrected chi connectivity index (χ2v) is 5.18. The normalized spacial score (nSPS) is 18.0. The number of methoxy groups -OCH3 is 1. The van der Waals surface area contributed by atoms with Crippen molar-refractivity contribution < 1.29 is 14.3 Å². The number of ether oxygens (including phenoxy) is 2. The average Bonchev–Trinajstić information content (AvgIpc) is 2.42. The van der Waals surface area contributed by atoms with Crippen LogP contribution in [0, 0.1) is 0 Å². The number of rotatable bonds is 4. The van der Waals surface area contributed by atoms with Crippen molar-refractivity contribution in [2.75, 3.05) is 32.2 Å². The van der Waals surface area contributed by atoms with Crippen LogP contribution in [-0.4, -0.2) is 38.8 Å². The molecule has 2 N–H and O–H groups in total. The van der Waals surface area contributed by atoms with Crippen molar-refractivity contribution in [2.24, 2.45) is 0 Å². The molecule has 0 aromatic heterocycles. The van der Waals surface area contributed by atoms with Crippen LogP contribution >= 0.6 is 28.3 Å². The standard InChI is InChI=1S/C13H17BrN2O3.ClH/c1-18-10-2-3-11(14)12(7-10)16-13(17)6-9-8-19-5-4-15-9;/h2-3,7,9,15H,4-6,8H2,1H3,(H,16,17);1H. The van der Waals surface area contributed by atoms with Crippen molar-refractivity contribution >= 4 is 39.9 Å². The quantitative estimate of drug-likeness (QED) is 0.859. The molecule has 1 heterocycles. The Morgan fingerprint density at radius 2 is 2.40 bits per heavy atom. The van der Waals surface area contributed by atoms with Crippen molar-refractivity contribution in [3.8, 4) is 5.75 Å². The first kappa shape index (κ1) is 17.2. The molecule has 1 atom stereocenters. The van der Waals surface area contributed by atoms with Crippen LogP contribution in [0.1, 0.15) is 6.42 Å². The van der Waals surface area contributed by atoms with E-state index in [1.165, 1.54) is 0 Å². The Kier molecular flexibility index (Phi) is 7.29. The van der Waals surface area contributed by atoms with Gasteiger partial charge < -0.3 is 20.1 Å². The van der Waals surface area contributed by atoms with Crippen molar-refractivity contribution in [1.82, 2.24) is 5.32 Å². The van der Waals surface area contributed by atoms with Gasteiger partial charge in [0.15, 0.2) is 0 Å². The monoisotopic (exact) mass is 364 g/mol. The van der Waals surface area contributed by atoms with E-state index in [1.54, 1.807) is 13.2 Å². The Balaban J connectivity index is 0.00000200. The summed E-state index contributed by atoms with van der Waals surface area (Å²) in [5, 5.41) is 6.12. The summed E-state index contributed by atoms with van der Waals surface area (Å²) < 4.78 is 11.3. The van der Waals surface area contributed by atoms with Gasteiger partial charge in [-0.1, -0.05) is 0 Å². The molecular formula is C13H18BrClN2O3. The molecule has 1 unspecified atom stereocenters. The summed E-state index contributed by atoms with van der Waals surface area (Å²) in [5.74, 6) is 0.662. The lowest BCUT2D eigenvalue weighted by Crippen LogP contribution is -2.43. The molecule has 0 spiro atoms. The van der Waals surface area contributed by atoms with Gasteiger partial charge in [0.25, 0.3) is 0 Å². The second-order valence-electron chi connectivity index (χ2n) is 4.32. The molecule has 0 saturated carbocycles. The molecular weight excluding hydrogens is 348 g/mol. The van der Waals surface area contributed by atoms with Crippen molar-refractivity contribution in [1.29, 1.82) is 0 Å². The van der Waals surface area contributed by atoms with Crippen molar-refractivity contribution in [3.05, 3.63) is 22.7 Å². The van der Waals surface area contributed by atoms with E-state index in [0.29, 0.717) is 31.1 Å². The summed E-state index contributed by atoms with van der Waals surface area (Å²) >= 11 is 3.40. The summed E-state index contributed by atoms with van der Waals surface area (Å²) in [7, 11) is 1.60. The SMILES string of the molecule is COc1ccc(Br)c(NC(=O)CC2COCCN2)c1.Cl. The molecule has 1 aromatic rings. The molecule has 1 amide bonds. The molecule has 1 aliphatic rings. The first-order valence-corrected chi connectivity index (χ1v) is 6.93. The molecule has 2 rings (SSSR count). The maximum absolute atomic E-state index is 12.0. The highest BCUT2D eigenvalue weighted by molar-refractivity contribution is 9.10. The molecule has 1 aromatic carbocycles. The number of halogens is 2. The van der Waals surface area contributed by atoms with Gasteiger partial charge in [0.2, 0.25) is 5.91 Å². The molecule has 0 bridgehead atoms. The zero-order chi connectivity index (χ0) is 13.7.